The SMILES string of the molecule is C[C@H](ONc1cccc(Cl)c1)C(=O)c1ccccc1. The minimum atomic E-state index is -0.582. The Morgan fingerprint density at radius 2 is 1.89 bits per heavy atom. The Kier molecular flexibility index (Phi) is 4.55. The Morgan fingerprint density at radius 1 is 1.16 bits per heavy atom. The lowest BCUT2D eigenvalue weighted by molar-refractivity contribution is 0.0648. The Balaban J connectivity index is 1.95. The molecule has 19 heavy (non-hydrogen) atoms. The number of carbonyl (C=O) groups excluding carboxylic acids is 1. The van der Waals surface area contributed by atoms with E-state index in [-0.39, 0.29) is 5.78 Å². The van der Waals surface area contributed by atoms with Crippen molar-refractivity contribution in [2.75, 3.05) is 5.48 Å². The average Bonchev–Trinajstić information content (AvgIpc) is 2.45. The summed E-state index contributed by atoms with van der Waals surface area (Å²) in [5.74, 6) is -0.0740. The number of anilines is 1. The molecule has 3 nitrogen and oxygen atoms in total. The number of Topliss-reactive ketones (excluding diaryl/α,β-unsaturated/α-hetero) is 1. The number of ketones is 1. The minimum Gasteiger partial charge on any atom is -0.291 e. The van der Waals surface area contributed by atoms with Gasteiger partial charge in [0.2, 0.25) is 0 Å². The lowest BCUT2D eigenvalue weighted by Gasteiger charge is -2.13. The zero-order chi connectivity index (χ0) is 13.7. The molecular weight excluding hydrogens is 262 g/mol. The van der Waals surface area contributed by atoms with Crippen LogP contribution in [0.25, 0.3) is 0 Å². The first kappa shape index (κ1) is 13.6. The van der Waals surface area contributed by atoms with Crippen LogP contribution in [0.15, 0.2) is 54.6 Å². The second kappa shape index (κ2) is 6.36. The Morgan fingerprint density at radius 3 is 2.58 bits per heavy atom. The van der Waals surface area contributed by atoms with E-state index >= 15 is 0 Å². The van der Waals surface area contributed by atoms with Crippen molar-refractivity contribution in [3.05, 3.63) is 65.2 Å². The van der Waals surface area contributed by atoms with Crippen LogP contribution in [0.4, 0.5) is 5.69 Å². The van der Waals surface area contributed by atoms with Gasteiger partial charge in [0.1, 0.15) is 6.10 Å². The van der Waals surface area contributed by atoms with Crippen LogP contribution < -0.4 is 5.48 Å². The molecule has 0 aliphatic heterocycles. The third kappa shape index (κ3) is 3.81. The van der Waals surface area contributed by atoms with Gasteiger partial charge in [0, 0.05) is 10.6 Å². The fourth-order valence-corrected chi connectivity index (χ4v) is 1.79. The van der Waals surface area contributed by atoms with Crippen LogP contribution in [0.1, 0.15) is 17.3 Å². The molecule has 4 heteroatoms. The van der Waals surface area contributed by atoms with E-state index in [1.807, 2.05) is 24.3 Å². The molecular formula is C15H14ClNO2. The number of benzene rings is 2. The minimum absolute atomic E-state index is 0.0740. The van der Waals surface area contributed by atoms with Gasteiger partial charge in [-0.25, -0.2) is 0 Å². The molecule has 2 aromatic carbocycles. The van der Waals surface area contributed by atoms with Crippen molar-refractivity contribution in [1.29, 1.82) is 0 Å². The summed E-state index contributed by atoms with van der Waals surface area (Å²) >= 11 is 5.86. The third-order valence-corrected chi connectivity index (χ3v) is 2.84. The lowest BCUT2D eigenvalue weighted by Crippen LogP contribution is -2.23. The quantitative estimate of drug-likeness (QED) is 0.663. The van der Waals surface area contributed by atoms with Gasteiger partial charge in [-0.3, -0.25) is 15.1 Å². The molecule has 0 aromatic heterocycles. The van der Waals surface area contributed by atoms with Crippen molar-refractivity contribution in [3.63, 3.8) is 0 Å². The van der Waals surface area contributed by atoms with Crippen molar-refractivity contribution < 1.29 is 9.63 Å². The molecule has 1 atom stereocenters. The van der Waals surface area contributed by atoms with Crippen molar-refractivity contribution in [1.82, 2.24) is 0 Å². The van der Waals surface area contributed by atoms with Crippen molar-refractivity contribution in [2.24, 2.45) is 0 Å². The highest BCUT2D eigenvalue weighted by Crippen LogP contribution is 2.15. The topological polar surface area (TPSA) is 38.3 Å². The first-order chi connectivity index (χ1) is 9.16. The predicted octanol–water partition coefficient (Wildman–Crippen LogP) is 3.95. The van der Waals surface area contributed by atoms with Gasteiger partial charge in [-0.05, 0) is 25.1 Å². The first-order valence-corrected chi connectivity index (χ1v) is 6.31. The maximum Gasteiger partial charge on any atom is 0.193 e. The molecule has 2 aromatic rings. The molecule has 0 spiro atoms. The van der Waals surface area contributed by atoms with Gasteiger partial charge in [-0.2, -0.15) is 0 Å². The Hall–Kier alpha value is -1.84. The van der Waals surface area contributed by atoms with Gasteiger partial charge in [-0.1, -0.05) is 48.0 Å². The van der Waals surface area contributed by atoms with E-state index in [9.17, 15) is 4.79 Å². The molecule has 1 N–H and O–H groups in total. The molecule has 0 heterocycles. The number of hydrogen-bond donors (Lipinski definition) is 1. The molecule has 0 bridgehead atoms. The molecule has 98 valence electrons. The van der Waals surface area contributed by atoms with Crippen LogP contribution in [-0.2, 0) is 4.84 Å². The summed E-state index contributed by atoms with van der Waals surface area (Å²) in [5, 5.41) is 0.607. The van der Waals surface area contributed by atoms with Gasteiger partial charge < -0.3 is 0 Å². The van der Waals surface area contributed by atoms with E-state index in [0.29, 0.717) is 16.3 Å². The van der Waals surface area contributed by atoms with Crippen LogP contribution in [0.5, 0.6) is 0 Å². The van der Waals surface area contributed by atoms with E-state index in [4.69, 9.17) is 16.4 Å². The van der Waals surface area contributed by atoms with E-state index < -0.39 is 6.10 Å². The Bertz CT molecular complexity index is 557. The molecule has 2 rings (SSSR count). The zero-order valence-electron chi connectivity index (χ0n) is 10.5. The molecule has 0 aliphatic carbocycles. The van der Waals surface area contributed by atoms with E-state index in [1.54, 1.807) is 37.3 Å². The highest BCUT2D eigenvalue weighted by atomic mass is 35.5. The second-order valence-electron chi connectivity index (χ2n) is 4.10. The first-order valence-electron chi connectivity index (χ1n) is 5.93. The fraction of sp³-hybridized carbons (Fsp3) is 0.133. The molecule has 0 fully saturated rings. The Labute approximate surface area is 117 Å². The second-order valence-corrected chi connectivity index (χ2v) is 4.54. The normalized spacial score (nSPS) is 11.9. The maximum atomic E-state index is 12.0. The van der Waals surface area contributed by atoms with Crippen molar-refractivity contribution >= 4 is 23.1 Å². The fourth-order valence-electron chi connectivity index (χ4n) is 1.60. The van der Waals surface area contributed by atoms with Gasteiger partial charge in [0.05, 0.1) is 5.69 Å². The van der Waals surface area contributed by atoms with Gasteiger partial charge in [0.25, 0.3) is 0 Å². The number of nitrogens with one attached hydrogen (secondary N) is 1. The van der Waals surface area contributed by atoms with Gasteiger partial charge in [0.15, 0.2) is 5.78 Å². The molecule has 0 unspecified atom stereocenters. The standard InChI is InChI=1S/C15H14ClNO2/c1-11(15(18)12-6-3-2-4-7-12)19-17-14-9-5-8-13(16)10-14/h2-11,17H,1H3/t11-/m0/s1. The molecule has 0 amide bonds. The van der Waals surface area contributed by atoms with Gasteiger partial charge >= 0.3 is 0 Å². The van der Waals surface area contributed by atoms with Gasteiger partial charge in [-0.15, -0.1) is 0 Å². The highest BCUT2D eigenvalue weighted by molar-refractivity contribution is 6.30. The number of rotatable bonds is 5. The van der Waals surface area contributed by atoms with Crippen LogP contribution in [0.3, 0.4) is 0 Å². The van der Waals surface area contributed by atoms with Crippen molar-refractivity contribution in [3.8, 4) is 0 Å². The summed E-state index contributed by atoms with van der Waals surface area (Å²) in [4.78, 5) is 17.4. The summed E-state index contributed by atoms with van der Waals surface area (Å²) in [5.41, 5.74) is 4.07. The van der Waals surface area contributed by atoms with Crippen LogP contribution in [-0.4, -0.2) is 11.9 Å². The van der Waals surface area contributed by atoms with Crippen LogP contribution in [0.2, 0.25) is 5.02 Å². The van der Waals surface area contributed by atoms with Crippen molar-refractivity contribution in [2.45, 2.75) is 13.0 Å². The van der Waals surface area contributed by atoms with Crippen LogP contribution >= 0.6 is 11.6 Å². The monoisotopic (exact) mass is 275 g/mol. The molecule has 0 saturated carbocycles. The number of halogens is 1. The number of hydrogen-bond acceptors (Lipinski definition) is 3. The predicted molar refractivity (Wildman–Crippen MR) is 76.4 cm³/mol. The maximum absolute atomic E-state index is 12.0. The summed E-state index contributed by atoms with van der Waals surface area (Å²) in [6.07, 6.45) is -0.582. The summed E-state index contributed by atoms with van der Waals surface area (Å²) in [7, 11) is 0. The van der Waals surface area contributed by atoms with E-state index in [1.165, 1.54) is 0 Å². The molecule has 0 saturated heterocycles. The third-order valence-electron chi connectivity index (χ3n) is 2.61. The number of carbonyl (C=O) groups is 1. The highest BCUT2D eigenvalue weighted by Gasteiger charge is 2.15. The summed E-state index contributed by atoms with van der Waals surface area (Å²) in [6, 6.07) is 16.2. The largest absolute Gasteiger partial charge is 0.291 e. The summed E-state index contributed by atoms with van der Waals surface area (Å²) in [6.45, 7) is 1.70. The zero-order valence-corrected chi connectivity index (χ0v) is 11.2. The average molecular weight is 276 g/mol. The summed E-state index contributed by atoms with van der Waals surface area (Å²) < 4.78 is 0. The van der Waals surface area contributed by atoms with Crippen LogP contribution in [0, 0.1) is 0 Å². The molecule has 0 radical (unpaired) electrons. The van der Waals surface area contributed by atoms with E-state index in [0.717, 1.165) is 0 Å². The molecule has 0 aliphatic rings. The smallest absolute Gasteiger partial charge is 0.193 e. The lowest BCUT2D eigenvalue weighted by atomic mass is 10.1. The van der Waals surface area contributed by atoms with E-state index in [2.05, 4.69) is 5.48 Å².